The molecule has 0 saturated heterocycles. The summed E-state index contributed by atoms with van der Waals surface area (Å²) < 4.78 is 0. The Morgan fingerprint density at radius 2 is 0.909 bits per heavy atom. The molecule has 5 saturated carbocycles. The molecule has 0 radical (unpaired) electrons. The predicted molar refractivity (Wildman–Crippen MR) is 143 cm³/mol. The Kier molecular flexibility index (Phi) is 8.19. The van der Waals surface area contributed by atoms with E-state index in [-0.39, 0.29) is 0 Å². The first kappa shape index (κ1) is 24.7. The Morgan fingerprint density at radius 3 is 1.33 bits per heavy atom. The number of hydrogen-bond donors (Lipinski definition) is 0. The second-order valence-electron chi connectivity index (χ2n) is 14.5. The highest BCUT2D eigenvalue weighted by atomic mass is 14.6. The van der Waals surface area contributed by atoms with Gasteiger partial charge in [0, 0.05) is 0 Å². The molecule has 0 unspecified atom stereocenters. The van der Waals surface area contributed by atoms with Gasteiger partial charge in [-0.1, -0.05) is 71.6 Å². The molecule has 0 aromatic rings. The van der Waals surface area contributed by atoms with Crippen molar-refractivity contribution in [2.75, 3.05) is 0 Å². The fourth-order valence-electron chi connectivity index (χ4n) is 10.4. The van der Waals surface area contributed by atoms with E-state index in [0.29, 0.717) is 0 Å². The van der Waals surface area contributed by atoms with Crippen molar-refractivity contribution in [2.24, 2.45) is 46.3 Å². The fourth-order valence-corrected chi connectivity index (χ4v) is 10.4. The summed E-state index contributed by atoms with van der Waals surface area (Å²) in [6, 6.07) is 0. The first-order chi connectivity index (χ1) is 16.1. The molecular weight excluding hydrogens is 396 g/mol. The van der Waals surface area contributed by atoms with Crippen molar-refractivity contribution < 1.29 is 0 Å². The molecule has 190 valence electrons. The van der Waals surface area contributed by atoms with E-state index in [0.717, 1.165) is 46.3 Å². The average molecular weight is 455 g/mol. The van der Waals surface area contributed by atoms with Gasteiger partial charge in [-0.25, -0.2) is 0 Å². The highest BCUT2D eigenvalue weighted by Crippen LogP contribution is 2.67. The van der Waals surface area contributed by atoms with Crippen LogP contribution in [0.2, 0.25) is 0 Å². The summed E-state index contributed by atoms with van der Waals surface area (Å²) in [5.41, 5.74) is 1.64. The van der Waals surface area contributed by atoms with E-state index in [1.807, 2.05) is 0 Å². The molecule has 5 aliphatic carbocycles. The Hall–Kier alpha value is 0. The Bertz CT molecular complexity index is 561. The van der Waals surface area contributed by atoms with Gasteiger partial charge in [0.25, 0.3) is 0 Å². The molecule has 0 bridgehead atoms. The minimum Gasteiger partial charge on any atom is -0.0654 e. The smallest absolute Gasteiger partial charge is 0.0287 e. The maximum atomic E-state index is 2.41. The summed E-state index contributed by atoms with van der Waals surface area (Å²) in [4.78, 5) is 0. The summed E-state index contributed by atoms with van der Waals surface area (Å²) in [5, 5.41) is 0. The van der Waals surface area contributed by atoms with E-state index in [2.05, 4.69) is 13.8 Å². The third-order valence-electron chi connectivity index (χ3n) is 12.6. The van der Waals surface area contributed by atoms with Gasteiger partial charge in [-0.3, -0.25) is 0 Å². The monoisotopic (exact) mass is 454 g/mol. The first-order valence-electron chi connectivity index (χ1n) is 16.1. The molecule has 5 fully saturated rings. The van der Waals surface area contributed by atoms with Gasteiger partial charge in [0.1, 0.15) is 0 Å². The molecule has 0 N–H and O–H groups in total. The van der Waals surface area contributed by atoms with Crippen LogP contribution in [0.15, 0.2) is 0 Å². The maximum Gasteiger partial charge on any atom is -0.0287 e. The van der Waals surface area contributed by atoms with Crippen LogP contribution in [0.1, 0.15) is 162 Å². The average Bonchev–Trinajstić information content (AvgIpc) is 2.85. The van der Waals surface area contributed by atoms with Gasteiger partial charge in [-0.05, 0) is 136 Å². The predicted octanol–water partition coefficient (Wildman–Crippen LogP) is 10.7. The zero-order valence-corrected chi connectivity index (χ0v) is 22.7. The Morgan fingerprint density at radius 1 is 0.485 bits per heavy atom. The molecule has 0 aliphatic heterocycles. The van der Waals surface area contributed by atoms with Crippen molar-refractivity contribution in [1.29, 1.82) is 0 Å². The van der Waals surface area contributed by atoms with E-state index >= 15 is 0 Å². The summed E-state index contributed by atoms with van der Waals surface area (Å²) in [7, 11) is 0. The second kappa shape index (κ2) is 10.9. The van der Waals surface area contributed by atoms with Crippen LogP contribution < -0.4 is 0 Å². The molecule has 33 heavy (non-hydrogen) atoms. The molecule has 0 nitrogen and oxygen atoms in total. The van der Waals surface area contributed by atoms with Crippen molar-refractivity contribution in [3.05, 3.63) is 0 Å². The van der Waals surface area contributed by atoms with Crippen LogP contribution in [0.25, 0.3) is 0 Å². The molecule has 2 spiro atoms. The van der Waals surface area contributed by atoms with E-state index in [1.54, 1.807) is 116 Å². The fraction of sp³-hybridized carbons (Fsp3) is 1.00. The van der Waals surface area contributed by atoms with E-state index in [4.69, 9.17) is 0 Å². The maximum absolute atomic E-state index is 2.41. The third kappa shape index (κ3) is 5.71. The van der Waals surface area contributed by atoms with Gasteiger partial charge < -0.3 is 0 Å². The van der Waals surface area contributed by atoms with Gasteiger partial charge >= 0.3 is 0 Å². The highest BCUT2D eigenvalue weighted by molar-refractivity contribution is 5.07. The van der Waals surface area contributed by atoms with Gasteiger partial charge in [0.2, 0.25) is 0 Å². The van der Waals surface area contributed by atoms with Crippen molar-refractivity contribution in [1.82, 2.24) is 0 Å². The zero-order valence-electron chi connectivity index (χ0n) is 22.7. The minimum absolute atomic E-state index is 0.819. The molecule has 0 aromatic carbocycles. The molecule has 0 heterocycles. The lowest BCUT2D eigenvalue weighted by molar-refractivity contribution is -0.109. The Balaban J connectivity index is 1.00. The van der Waals surface area contributed by atoms with Crippen LogP contribution in [0.3, 0.4) is 0 Å². The second-order valence-corrected chi connectivity index (χ2v) is 14.5. The van der Waals surface area contributed by atoms with E-state index in [1.165, 1.54) is 32.1 Å². The van der Waals surface area contributed by atoms with Gasteiger partial charge in [-0.15, -0.1) is 0 Å². The molecular formula is C33H58. The van der Waals surface area contributed by atoms with Crippen LogP contribution in [-0.4, -0.2) is 0 Å². The van der Waals surface area contributed by atoms with Crippen LogP contribution in [-0.2, 0) is 0 Å². The quantitative estimate of drug-likeness (QED) is 0.335. The molecule has 0 aromatic heterocycles. The van der Waals surface area contributed by atoms with Crippen molar-refractivity contribution in [3.8, 4) is 0 Å². The largest absolute Gasteiger partial charge is 0.0654 e. The van der Waals surface area contributed by atoms with E-state index in [9.17, 15) is 0 Å². The highest BCUT2D eigenvalue weighted by Gasteiger charge is 2.56. The lowest BCUT2D eigenvalue weighted by atomic mass is 9.43. The molecule has 0 amide bonds. The molecule has 5 aliphatic rings. The summed E-state index contributed by atoms with van der Waals surface area (Å²) in [5.74, 6) is 6.59. The number of unbranched alkanes of at least 4 members (excludes halogenated alkanes) is 2. The molecule has 0 atom stereocenters. The van der Waals surface area contributed by atoms with Crippen LogP contribution in [0.5, 0.6) is 0 Å². The number of hydrogen-bond acceptors (Lipinski definition) is 0. The van der Waals surface area contributed by atoms with Gasteiger partial charge in [-0.2, -0.15) is 0 Å². The summed E-state index contributed by atoms with van der Waals surface area (Å²) in [6.07, 6.45) is 36.0. The minimum atomic E-state index is 0.819. The topological polar surface area (TPSA) is 0 Å². The van der Waals surface area contributed by atoms with Crippen LogP contribution >= 0.6 is 0 Å². The molecule has 0 heteroatoms. The van der Waals surface area contributed by atoms with Crippen LogP contribution in [0, 0.1) is 46.3 Å². The lowest BCUT2D eigenvalue weighted by Gasteiger charge is -2.62. The standard InChI is InChI=1S/C33H58/c1-3-5-6-7-27-10-14-29(15-11-27)31-18-22-33(23-19-31)24-32(25-33)20-16-30(17-21-32)28-12-8-26(4-2)9-13-28/h26-31H,3-25H2,1-2H3/t26-,27-,28-,29-,30?,31?,32?,33?. The van der Waals surface area contributed by atoms with Crippen LogP contribution in [0.4, 0.5) is 0 Å². The van der Waals surface area contributed by atoms with Crippen molar-refractivity contribution in [2.45, 2.75) is 162 Å². The number of rotatable bonds is 7. The zero-order chi connectivity index (χ0) is 22.7. The molecule has 5 rings (SSSR count). The third-order valence-corrected chi connectivity index (χ3v) is 12.6. The van der Waals surface area contributed by atoms with Gasteiger partial charge in [0.05, 0.1) is 0 Å². The lowest BCUT2D eigenvalue weighted by Crippen LogP contribution is -2.50. The summed E-state index contributed by atoms with van der Waals surface area (Å²) >= 11 is 0. The normalized spacial score (nSPS) is 46.4. The SMILES string of the molecule is CCCCC[C@H]1CC[C@H](C2CCC3(CC2)CC2(CCC([C@H]4CC[C@H](CC)CC4)CC2)C3)CC1. The van der Waals surface area contributed by atoms with E-state index < -0.39 is 0 Å². The van der Waals surface area contributed by atoms with Gasteiger partial charge in [0.15, 0.2) is 0 Å². The van der Waals surface area contributed by atoms with Crippen molar-refractivity contribution in [3.63, 3.8) is 0 Å². The first-order valence-corrected chi connectivity index (χ1v) is 16.1. The summed E-state index contributed by atoms with van der Waals surface area (Å²) in [6.45, 7) is 4.76. The van der Waals surface area contributed by atoms with Crippen molar-refractivity contribution >= 4 is 0 Å². The Labute approximate surface area is 207 Å².